The molecule has 2 aromatic rings. The van der Waals surface area contributed by atoms with Gasteiger partial charge in [-0.05, 0) is 35.6 Å². The number of methoxy groups -OCH3 is 3. The standard InChI is InChI=1S/C18H21NO3/c1-20-15-10-11-8-9-14(19)12-6-4-5-7-13(12)16(11)18(22-3)17(15)21-2/h4-7,10,14H,8-9,19H2,1-3H3. The van der Waals surface area contributed by atoms with E-state index in [1.54, 1.807) is 21.3 Å². The Hall–Kier alpha value is -2.20. The smallest absolute Gasteiger partial charge is 0.203 e. The lowest BCUT2D eigenvalue weighted by atomic mass is 9.94. The van der Waals surface area contributed by atoms with E-state index in [2.05, 4.69) is 12.1 Å². The van der Waals surface area contributed by atoms with Crippen molar-refractivity contribution in [2.75, 3.05) is 21.3 Å². The number of nitrogens with two attached hydrogens (primary N) is 1. The molecule has 1 unspecified atom stereocenters. The van der Waals surface area contributed by atoms with Crippen LogP contribution in [0.4, 0.5) is 0 Å². The molecular formula is C18H21NO3. The molecule has 0 radical (unpaired) electrons. The first-order chi connectivity index (χ1) is 10.7. The molecule has 1 aliphatic rings. The van der Waals surface area contributed by atoms with Crippen LogP contribution in [0.2, 0.25) is 0 Å². The van der Waals surface area contributed by atoms with Gasteiger partial charge < -0.3 is 19.9 Å². The zero-order valence-corrected chi connectivity index (χ0v) is 13.2. The lowest BCUT2D eigenvalue weighted by Crippen LogP contribution is -2.10. The maximum Gasteiger partial charge on any atom is 0.203 e. The third-order valence-corrected chi connectivity index (χ3v) is 4.27. The maximum atomic E-state index is 6.36. The van der Waals surface area contributed by atoms with E-state index in [0.29, 0.717) is 17.2 Å². The molecule has 0 heterocycles. The lowest BCUT2D eigenvalue weighted by molar-refractivity contribution is 0.324. The highest BCUT2D eigenvalue weighted by Gasteiger charge is 2.27. The molecule has 0 aromatic heterocycles. The van der Waals surface area contributed by atoms with Crippen molar-refractivity contribution in [1.29, 1.82) is 0 Å². The number of ether oxygens (including phenoxy) is 3. The van der Waals surface area contributed by atoms with Gasteiger partial charge in [-0.1, -0.05) is 24.3 Å². The van der Waals surface area contributed by atoms with Gasteiger partial charge >= 0.3 is 0 Å². The monoisotopic (exact) mass is 299 g/mol. The van der Waals surface area contributed by atoms with Crippen LogP contribution in [0.3, 0.4) is 0 Å². The van der Waals surface area contributed by atoms with Gasteiger partial charge in [-0.3, -0.25) is 0 Å². The Morgan fingerprint density at radius 1 is 1.00 bits per heavy atom. The minimum atomic E-state index is 0.0188. The number of benzene rings is 2. The minimum absolute atomic E-state index is 0.0188. The van der Waals surface area contributed by atoms with Gasteiger partial charge in [0.25, 0.3) is 0 Å². The molecule has 1 aliphatic carbocycles. The number of fused-ring (bicyclic) bond motifs is 3. The van der Waals surface area contributed by atoms with Gasteiger partial charge in [0.05, 0.1) is 21.3 Å². The molecule has 3 rings (SSSR count). The van der Waals surface area contributed by atoms with Gasteiger partial charge in [-0.25, -0.2) is 0 Å². The zero-order valence-electron chi connectivity index (χ0n) is 13.2. The predicted molar refractivity (Wildman–Crippen MR) is 86.8 cm³/mol. The molecule has 2 aromatic carbocycles. The summed E-state index contributed by atoms with van der Waals surface area (Å²) in [6, 6.07) is 10.3. The molecular weight excluding hydrogens is 278 g/mol. The number of rotatable bonds is 3. The summed E-state index contributed by atoms with van der Waals surface area (Å²) in [6.45, 7) is 0. The average molecular weight is 299 g/mol. The highest BCUT2D eigenvalue weighted by molar-refractivity contribution is 5.82. The molecule has 116 valence electrons. The van der Waals surface area contributed by atoms with Crippen LogP contribution >= 0.6 is 0 Å². The SMILES string of the molecule is COc1cc2c(c(OC)c1OC)-c1ccccc1C(N)CC2. The molecule has 0 aliphatic heterocycles. The fourth-order valence-corrected chi connectivity index (χ4v) is 3.21. The molecule has 0 amide bonds. The molecule has 0 spiro atoms. The van der Waals surface area contributed by atoms with Gasteiger partial charge in [0.15, 0.2) is 11.5 Å². The van der Waals surface area contributed by atoms with Crippen LogP contribution in [-0.2, 0) is 6.42 Å². The van der Waals surface area contributed by atoms with E-state index in [1.165, 1.54) is 5.56 Å². The molecule has 0 saturated heterocycles. The Morgan fingerprint density at radius 3 is 2.41 bits per heavy atom. The van der Waals surface area contributed by atoms with Crippen LogP contribution < -0.4 is 19.9 Å². The Labute approximate surface area is 130 Å². The first kappa shape index (κ1) is 14.7. The van der Waals surface area contributed by atoms with E-state index >= 15 is 0 Å². The molecule has 22 heavy (non-hydrogen) atoms. The summed E-state index contributed by atoms with van der Waals surface area (Å²) in [5.74, 6) is 2.01. The van der Waals surface area contributed by atoms with E-state index in [4.69, 9.17) is 19.9 Å². The molecule has 4 heteroatoms. The van der Waals surface area contributed by atoms with Crippen molar-refractivity contribution in [3.05, 3.63) is 41.5 Å². The average Bonchev–Trinajstić information content (AvgIpc) is 2.70. The third-order valence-electron chi connectivity index (χ3n) is 4.27. The van der Waals surface area contributed by atoms with Crippen LogP contribution in [0.5, 0.6) is 17.2 Å². The van der Waals surface area contributed by atoms with Crippen LogP contribution in [0.25, 0.3) is 11.1 Å². The van der Waals surface area contributed by atoms with E-state index in [1.807, 2.05) is 18.2 Å². The topological polar surface area (TPSA) is 53.7 Å². The van der Waals surface area contributed by atoms with E-state index in [-0.39, 0.29) is 6.04 Å². The van der Waals surface area contributed by atoms with Gasteiger partial charge in [0, 0.05) is 11.6 Å². The van der Waals surface area contributed by atoms with Crippen LogP contribution in [0.15, 0.2) is 30.3 Å². The lowest BCUT2D eigenvalue weighted by Gasteiger charge is -2.19. The summed E-state index contributed by atoms with van der Waals surface area (Å²) < 4.78 is 16.7. The Balaban J connectivity index is 2.36. The highest BCUT2D eigenvalue weighted by Crippen LogP contribution is 2.49. The molecule has 4 nitrogen and oxygen atoms in total. The van der Waals surface area contributed by atoms with Crippen molar-refractivity contribution in [1.82, 2.24) is 0 Å². The fourth-order valence-electron chi connectivity index (χ4n) is 3.21. The van der Waals surface area contributed by atoms with Gasteiger partial charge in [0.2, 0.25) is 5.75 Å². The maximum absolute atomic E-state index is 6.36. The largest absolute Gasteiger partial charge is 0.493 e. The van der Waals surface area contributed by atoms with Crippen molar-refractivity contribution in [3.63, 3.8) is 0 Å². The van der Waals surface area contributed by atoms with Gasteiger partial charge in [-0.2, -0.15) is 0 Å². The zero-order chi connectivity index (χ0) is 15.7. The van der Waals surface area contributed by atoms with Crippen LogP contribution in [0, 0.1) is 0 Å². The summed E-state index contributed by atoms with van der Waals surface area (Å²) in [5, 5.41) is 0. The number of aryl methyl sites for hydroxylation is 1. The number of hydrogen-bond donors (Lipinski definition) is 1. The normalized spacial score (nSPS) is 16.3. The second-order valence-electron chi connectivity index (χ2n) is 5.41. The Morgan fingerprint density at radius 2 is 1.73 bits per heavy atom. The molecule has 0 fully saturated rings. The van der Waals surface area contributed by atoms with Gasteiger partial charge in [0.1, 0.15) is 0 Å². The second kappa shape index (κ2) is 5.89. The van der Waals surface area contributed by atoms with Gasteiger partial charge in [-0.15, -0.1) is 0 Å². The summed E-state index contributed by atoms with van der Waals surface area (Å²) in [4.78, 5) is 0. The molecule has 0 saturated carbocycles. The molecule has 1 atom stereocenters. The summed E-state index contributed by atoms with van der Waals surface area (Å²) in [5.41, 5.74) is 10.8. The highest BCUT2D eigenvalue weighted by atomic mass is 16.5. The van der Waals surface area contributed by atoms with Crippen molar-refractivity contribution >= 4 is 0 Å². The van der Waals surface area contributed by atoms with E-state index in [9.17, 15) is 0 Å². The first-order valence-electron chi connectivity index (χ1n) is 7.38. The van der Waals surface area contributed by atoms with Crippen molar-refractivity contribution < 1.29 is 14.2 Å². The Kier molecular flexibility index (Phi) is 3.94. The summed E-state index contributed by atoms with van der Waals surface area (Å²) >= 11 is 0. The van der Waals surface area contributed by atoms with Crippen molar-refractivity contribution in [2.24, 2.45) is 5.73 Å². The molecule has 2 N–H and O–H groups in total. The Bertz CT molecular complexity index is 697. The quantitative estimate of drug-likeness (QED) is 0.944. The second-order valence-corrected chi connectivity index (χ2v) is 5.41. The summed E-state index contributed by atoms with van der Waals surface area (Å²) in [6.07, 6.45) is 1.77. The van der Waals surface area contributed by atoms with E-state index in [0.717, 1.165) is 29.5 Å². The van der Waals surface area contributed by atoms with Crippen LogP contribution in [-0.4, -0.2) is 21.3 Å². The summed E-state index contributed by atoms with van der Waals surface area (Å²) in [7, 11) is 4.92. The minimum Gasteiger partial charge on any atom is -0.493 e. The predicted octanol–water partition coefficient (Wildman–Crippen LogP) is 3.33. The van der Waals surface area contributed by atoms with Crippen LogP contribution in [0.1, 0.15) is 23.6 Å². The van der Waals surface area contributed by atoms with Crippen molar-refractivity contribution in [2.45, 2.75) is 18.9 Å². The molecule has 0 bridgehead atoms. The van der Waals surface area contributed by atoms with Crippen molar-refractivity contribution in [3.8, 4) is 28.4 Å². The van der Waals surface area contributed by atoms with E-state index < -0.39 is 0 Å². The third kappa shape index (κ3) is 2.20. The first-order valence-corrected chi connectivity index (χ1v) is 7.38. The fraction of sp³-hybridized carbons (Fsp3) is 0.333. The number of hydrogen-bond acceptors (Lipinski definition) is 4.